The fraction of sp³-hybridized carbons (Fsp3) is 0.200. The first-order chi connectivity index (χ1) is 14.0. The third-order valence-electron chi connectivity index (χ3n) is 3.88. The van der Waals surface area contributed by atoms with Gasteiger partial charge in [0.1, 0.15) is 5.75 Å². The predicted octanol–water partition coefficient (Wildman–Crippen LogP) is 3.64. The fourth-order valence-corrected chi connectivity index (χ4v) is 2.92. The first-order valence-electron chi connectivity index (χ1n) is 8.83. The van der Waals surface area contributed by atoms with Gasteiger partial charge in [-0.05, 0) is 48.4 Å². The van der Waals surface area contributed by atoms with E-state index in [1.54, 1.807) is 0 Å². The zero-order chi connectivity index (χ0) is 20.6. The number of anilines is 1. The minimum atomic E-state index is -1.02. The molecule has 0 atom stereocenters. The second kappa shape index (κ2) is 9.74. The number of carboxylic acid groups (broad SMARTS) is 1. The number of amides is 1. The standard InChI is InChI=1S/C20H19N3O5S/c1-2-13-3-9-16(10-4-13)27-11-18-22-23-20(28-18)29-12-17(24)21-15-7-5-14(6-8-15)19(25)26/h3-10H,2,11-12H2,1H3,(H,21,24)(H,25,26). The van der Waals surface area contributed by atoms with E-state index in [0.717, 1.165) is 18.2 Å². The molecule has 0 spiro atoms. The van der Waals surface area contributed by atoms with Crippen molar-refractivity contribution in [3.63, 3.8) is 0 Å². The number of thioether (sulfide) groups is 1. The van der Waals surface area contributed by atoms with Crippen molar-refractivity contribution in [1.29, 1.82) is 0 Å². The Morgan fingerprint density at radius 3 is 2.48 bits per heavy atom. The predicted molar refractivity (Wildman–Crippen MR) is 107 cm³/mol. The summed E-state index contributed by atoms with van der Waals surface area (Å²) in [6.07, 6.45) is 0.964. The van der Waals surface area contributed by atoms with Crippen molar-refractivity contribution >= 4 is 29.3 Å². The maximum atomic E-state index is 12.0. The molecule has 0 aliphatic carbocycles. The van der Waals surface area contributed by atoms with E-state index in [9.17, 15) is 9.59 Å². The van der Waals surface area contributed by atoms with Gasteiger partial charge in [-0.3, -0.25) is 4.79 Å². The van der Waals surface area contributed by atoms with Crippen LogP contribution in [0.15, 0.2) is 58.2 Å². The van der Waals surface area contributed by atoms with Crippen LogP contribution in [-0.2, 0) is 17.8 Å². The third-order valence-corrected chi connectivity index (χ3v) is 4.70. The number of hydrogen-bond donors (Lipinski definition) is 2. The van der Waals surface area contributed by atoms with Crippen molar-refractivity contribution in [2.24, 2.45) is 0 Å². The van der Waals surface area contributed by atoms with E-state index < -0.39 is 5.97 Å². The molecule has 2 N–H and O–H groups in total. The zero-order valence-corrected chi connectivity index (χ0v) is 16.4. The van der Waals surface area contributed by atoms with Crippen LogP contribution in [-0.4, -0.2) is 32.9 Å². The Kier molecular flexibility index (Phi) is 6.85. The van der Waals surface area contributed by atoms with E-state index in [1.807, 2.05) is 24.3 Å². The summed E-state index contributed by atoms with van der Waals surface area (Å²) in [5, 5.41) is 19.6. The van der Waals surface area contributed by atoms with Gasteiger partial charge in [0, 0.05) is 5.69 Å². The summed E-state index contributed by atoms with van der Waals surface area (Å²) in [7, 11) is 0. The molecule has 3 rings (SSSR count). The summed E-state index contributed by atoms with van der Waals surface area (Å²) in [6.45, 7) is 2.23. The first kappa shape index (κ1) is 20.4. The molecular formula is C20H19N3O5S. The Labute approximate surface area is 171 Å². The summed E-state index contributed by atoms with van der Waals surface area (Å²) in [6, 6.07) is 13.7. The molecule has 2 aromatic carbocycles. The topological polar surface area (TPSA) is 115 Å². The number of hydrogen-bond acceptors (Lipinski definition) is 7. The highest BCUT2D eigenvalue weighted by Gasteiger charge is 2.11. The summed E-state index contributed by atoms with van der Waals surface area (Å²) in [5.74, 6) is -0.195. The number of aryl methyl sites for hydroxylation is 1. The van der Waals surface area contributed by atoms with E-state index in [4.69, 9.17) is 14.3 Å². The van der Waals surface area contributed by atoms with Gasteiger partial charge in [-0.1, -0.05) is 30.8 Å². The van der Waals surface area contributed by atoms with Gasteiger partial charge in [0.2, 0.25) is 5.91 Å². The quantitative estimate of drug-likeness (QED) is 0.511. The molecule has 8 nitrogen and oxygen atoms in total. The highest BCUT2D eigenvalue weighted by Crippen LogP contribution is 2.19. The van der Waals surface area contributed by atoms with Gasteiger partial charge >= 0.3 is 5.97 Å². The number of carbonyl (C=O) groups is 2. The van der Waals surface area contributed by atoms with E-state index in [2.05, 4.69) is 22.4 Å². The lowest BCUT2D eigenvalue weighted by atomic mass is 10.2. The SMILES string of the molecule is CCc1ccc(OCc2nnc(SCC(=O)Nc3ccc(C(=O)O)cc3)o2)cc1. The van der Waals surface area contributed by atoms with Crippen LogP contribution in [0, 0.1) is 0 Å². The number of aromatic carboxylic acids is 1. The minimum Gasteiger partial charge on any atom is -0.484 e. The van der Waals surface area contributed by atoms with Crippen LogP contribution < -0.4 is 10.1 Å². The van der Waals surface area contributed by atoms with Crippen LogP contribution >= 0.6 is 11.8 Å². The molecule has 9 heteroatoms. The Balaban J connectivity index is 1.44. The molecule has 0 saturated heterocycles. The maximum absolute atomic E-state index is 12.0. The van der Waals surface area contributed by atoms with Crippen molar-refractivity contribution in [2.75, 3.05) is 11.1 Å². The molecule has 1 aromatic heterocycles. The molecule has 0 fully saturated rings. The summed E-state index contributed by atoms with van der Waals surface area (Å²) >= 11 is 1.10. The van der Waals surface area contributed by atoms with Crippen LogP contribution in [0.25, 0.3) is 0 Å². The van der Waals surface area contributed by atoms with Gasteiger partial charge in [0.15, 0.2) is 6.61 Å². The minimum absolute atomic E-state index is 0.0711. The van der Waals surface area contributed by atoms with Crippen LogP contribution in [0.5, 0.6) is 5.75 Å². The van der Waals surface area contributed by atoms with Crippen LogP contribution in [0.2, 0.25) is 0 Å². The van der Waals surface area contributed by atoms with Gasteiger partial charge in [0.25, 0.3) is 11.1 Å². The Morgan fingerprint density at radius 1 is 1.10 bits per heavy atom. The average molecular weight is 413 g/mol. The second-order valence-electron chi connectivity index (χ2n) is 5.97. The molecule has 3 aromatic rings. The number of aromatic nitrogens is 2. The van der Waals surface area contributed by atoms with Gasteiger partial charge in [-0.15, -0.1) is 10.2 Å². The van der Waals surface area contributed by atoms with Crippen LogP contribution in [0.4, 0.5) is 5.69 Å². The van der Waals surface area contributed by atoms with Gasteiger partial charge < -0.3 is 19.6 Å². The van der Waals surface area contributed by atoms with E-state index in [1.165, 1.54) is 29.8 Å². The lowest BCUT2D eigenvalue weighted by molar-refractivity contribution is -0.113. The number of carboxylic acids is 1. The van der Waals surface area contributed by atoms with Gasteiger partial charge in [0.05, 0.1) is 11.3 Å². The third kappa shape index (κ3) is 6.08. The summed E-state index contributed by atoms with van der Waals surface area (Å²) in [5.41, 5.74) is 1.89. The maximum Gasteiger partial charge on any atom is 0.335 e. The zero-order valence-electron chi connectivity index (χ0n) is 15.6. The first-order valence-corrected chi connectivity index (χ1v) is 9.82. The Bertz CT molecular complexity index is 971. The molecule has 0 unspecified atom stereocenters. The number of carbonyl (C=O) groups excluding carboxylic acids is 1. The highest BCUT2D eigenvalue weighted by atomic mass is 32.2. The molecule has 1 amide bonds. The largest absolute Gasteiger partial charge is 0.484 e. The summed E-state index contributed by atoms with van der Waals surface area (Å²) < 4.78 is 11.1. The number of nitrogens with one attached hydrogen (secondary N) is 1. The number of rotatable bonds is 9. The molecule has 0 aliphatic heterocycles. The Hall–Kier alpha value is -3.33. The van der Waals surface area contributed by atoms with E-state index in [0.29, 0.717) is 17.3 Å². The molecule has 0 radical (unpaired) electrons. The molecule has 29 heavy (non-hydrogen) atoms. The average Bonchev–Trinajstić information content (AvgIpc) is 3.19. The monoisotopic (exact) mass is 413 g/mol. The molecule has 0 bridgehead atoms. The lowest BCUT2D eigenvalue weighted by Gasteiger charge is -2.04. The molecule has 0 aliphatic rings. The highest BCUT2D eigenvalue weighted by molar-refractivity contribution is 7.99. The van der Waals surface area contributed by atoms with Crippen LogP contribution in [0.1, 0.15) is 28.7 Å². The second-order valence-corrected chi connectivity index (χ2v) is 6.89. The summed E-state index contributed by atoms with van der Waals surface area (Å²) in [4.78, 5) is 22.8. The molecular weight excluding hydrogens is 394 g/mol. The van der Waals surface area contributed by atoms with Crippen molar-refractivity contribution in [3.8, 4) is 5.75 Å². The number of nitrogens with zero attached hydrogens (tertiary/aromatic N) is 2. The van der Waals surface area contributed by atoms with E-state index in [-0.39, 0.29) is 29.1 Å². The molecule has 1 heterocycles. The Morgan fingerprint density at radius 2 is 1.83 bits per heavy atom. The van der Waals surface area contributed by atoms with Crippen molar-refractivity contribution in [1.82, 2.24) is 10.2 Å². The number of benzene rings is 2. The van der Waals surface area contributed by atoms with Gasteiger partial charge in [-0.2, -0.15) is 0 Å². The van der Waals surface area contributed by atoms with Crippen molar-refractivity contribution in [2.45, 2.75) is 25.2 Å². The van der Waals surface area contributed by atoms with Crippen molar-refractivity contribution in [3.05, 3.63) is 65.5 Å². The fourth-order valence-electron chi connectivity index (χ4n) is 2.34. The molecule has 150 valence electrons. The molecule has 0 saturated carbocycles. The van der Waals surface area contributed by atoms with Crippen molar-refractivity contribution < 1.29 is 23.8 Å². The lowest BCUT2D eigenvalue weighted by Crippen LogP contribution is -2.14. The van der Waals surface area contributed by atoms with E-state index >= 15 is 0 Å². The van der Waals surface area contributed by atoms with Crippen LogP contribution in [0.3, 0.4) is 0 Å². The van der Waals surface area contributed by atoms with Gasteiger partial charge in [-0.25, -0.2) is 4.79 Å². The number of ether oxygens (including phenoxy) is 1. The smallest absolute Gasteiger partial charge is 0.335 e. The normalized spacial score (nSPS) is 10.5.